The molecule has 0 amide bonds. The molecule has 0 radical (unpaired) electrons. The van der Waals surface area contributed by atoms with E-state index >= 15 is 0 Å². The molecule has 4 heteroatoms. The molecule has 2 aromatic rings. The Kier molecular flexibility index (Phi) is 7.09. The first kappa shape index (κ1) is 18.3. The minimum absolute atomic E-state index is 0.269. The number of halogens is 2. The molecule has 0 aliphatic rings. The summed E-state index contributed by atoms with van der Waals surface area (Å²) in [6.45, 7) is 5.33. The molecule has 2 aromatic carbocycles. The Morgan fingerprint density at radius 2 is 1.38 bits per heavy atom. The van der Waals surface area contributed by atoms with E-state index in [9.17, 15) is 13.9 Å². The molecular weight excluding hydrogens is 308 g/mol. The van der Waals surface area contributed by atoms with Crippen LogP contribution in [0.5, 0.6) is 0 Å². The van der Waals surface area contributed by atoms with Gasteiger partial charge < -0.3 is 5.11 Å². The average Bonchev–Trinajstić information content (AvgIpc) is 2.57. The second-order valence-electron chi connectivity index (χ2n) is 5.94. The first-order chi connectivity index (χ1) is 11.6. The van der Waals surface area contributed by atoms with E-state index in [1.54, 1.807) is 30.3 Å². The van der Waals surface area contributed by atoms with Crippen LogP contribution >= 0.6 is 0 Å². The molecule has 0 aromatic heterocycles. The van der Waals surface area contributed by atoms with E-state index in [4.69, 9.17) is 0 Å². The summed E-state index contributed by atoms with van der Waals surface area (Å²) in [7, 11) is 0. The number of benzene rings is 2. The van der Waals surface area contributed by atoms with Crippen molar-refractivity contribution in [1.82, 2.24) is 4.90 Å². The third-order valence-electron chi connectivity index (χ3n) is 3.81. The third kappa shape index (κ3) is 6.22. The maximum Gasteiger partial charge on any atom is 0.123 e. The van der Waals surface area contributed by atoms with Crippen molar-refractivity contribution in [2.45, 2.75) is 32.0 Å². The molecule has 0 fully saturated rings. The number of allylic oxidation sites excluding steroid dienone is 1. The van der Waals surface area contributed by atoms with Gasteiger partial charge in [0.2, 0.25) is 0 Å². The number of rotatable bonds is 9. The molecular formula is C20H23F2NO. The average molecular weight is 331 g/mol. The van der Waals surface area contributed by atoms with Gasteiger partial charge in [0.15, 0.2) is 0 Å². The molecule has 2 nitrogen and oxygen atoms in total. The second kappa shape index (κ2) is 9.30. The highest BCUT2D eigenvalue weighted by atomic mass is 19.1. The second-order valence-corrected chi connectivity index (χ2v) is 5.94. The zero-order chi connectivity index (χ0) is 17.4. The number of aliphatic hydroxyl groups excluding tert-OH is 1. The molecule has 0 aliphatic heterocycles. The predicted octanol–water partition coefficient (Wildman–Crippen LogP) is 4.29. The van der Waals surface area contributed by atoms with Crippen LogP contribution in [0.1, 0.15) is 24.0 Å². The number of nitrogens with zero attached hydrogens (tertiary/aromatic N) is 1. The molecule has 0 unspecified atom stereocenters. The van der Waals surface area contributed by atoms with E-state index in [1.165, 1.54) is 24.3 Å². The predicted molar refractivity (Wildman–Crippen MR) is 92.4 cm³/mol. The van der Waals surface area contributed by atoms with Crippen LogP contribution < -0.4 is 0 Å². The van der Waals surface area contributed by atoms with Crippen molar-refractivity contribution in [1.29, 1.82) is 0 Å². The van der Waals surface area contributed by atoms with Crippen molar-refractivity contribution in [3.63, 3.8) is 0 Å². The Morgan fingerprint density at radius 3 is 1.79 bits per heavy atom. The first-order valence-electron chi connectivity index (χ1n) is 8.07. The van der Waals surface area contributed by atoms with Crippen molar-refractivity contribution in [3.05, 3.63) is 83.9 Å². The summed E-state index contributed by atoms with van der Waals surface area (Å²) >= 11 is 0. The molecule has 0 bridgehead atoms. The number of aliphatic hydroxyl groups is 1. The summed E-state index contributed by atoms with van der Waals surface area (Å²) < 4.78 is 26.1. The largest absolute Gasteiger partial charge is 0.392 e. The van der Waals surface area contributed by atoms with Gasteiger partial charge in [0.05, 0.1) is 6.10 Å². The topological polar surface area (TPSA) is 23.5 Å². The van der Waals surface area contributed by atoms with Crippen molar-refractivity contribution >= 4 is 0 Å². The minimum Gasteiger partial charge on any atom is -0.392 e. The van der Waals surface area contributed by atoms with Crippen LogP contribution in [0.4, 0.5) is 8.78 Å². The van der Waals surface area contributed by atoms with Crippen molar-refractivity contribution in [2.75, 3.05) is 6.54 Å². The zero-order valence-corrected chi connectivity index (χ0v) is 13.7. The highest BCUT2D eigenvalue weighted by Gasteiger charge is 2.13. The lowest BCUT2D eigenvalue weighted by Gasteiger charge is -2.25. The molecule has 0 saturated carbocycles. The van der Waals surface area contributed by atoms with E-state index in [2.05, 4.69) is 11.5 Å². The summed E-state index contributed by atoms with van der Waals surface area (Å²) in [6, 6.07) is 12.7. The van der Waals surface area contributed by atoms with Crippen LogP contribution in [0.15, 0.2) is 61.2 Å². The lowest BCUT2D eigenvalue weighted by Crippen LogP contribution is -2.31. The summed E-state index contributed by atoms with van der Waals surface area (Å²) in [6.07, 6.45) is 2.71. The van der Waals surface area contributed by atoms with Gasteiger partial charge in [-0.25, -0.2) is 8.78 Å². The Bertz CT molecular complexity index is 578. The lowest BCUT2D eigenvalue weighted by molar-refractivity contribution is 0.0984. The molecule has 1 atom stereocenters. The first-order valence-corrected chi connectivity index (χ1v) is 8.07. The fourth-order valence-corrected chi connectivity index (χ4v) is 2.58. The van der Waals surface area contributed by atoms with E-state index in [0.29, 0.717) is 26.1 Å². The maximum absolute atomic E-state index is 13.1. The Labute approximate surface area is 142 Å². The molecule has 0 aliphatic carbocycles. The van der Waals surface area contributed by atoms with E-state index < -0.39 is 6.10 Å². The van der Waals surface area contributed by atoms with Crippen LogP contribution in [0.25, 0.3) is 0 Å². The van der Waals surface area contributed by atoms with Crippen LogP contribution in [-0.2, 0) is 13.1 Å². The quantitative estimate of drug-likeness (QED) is 0.693. The SMILES string of the molecule is C=CCC[C@H](O)CN(Cc1ccc(F)cc1)Cc1ccc(F)cc1. The highest BCUT2D eigenvalue weighted by Crippen LogP contribution is 2.13. The molecule has 0 spiro atoms. The van der Waals surface area contributed by atoms with Crippen LogP contribution in [0.2, 0.25) is 0 Å². The van der Waals surface area contributed by atoms with Gasteiger partial charge in [-0.05, 0) is 48.2 Å². The maximum atomic E-state index is 13.1. The normalized spacial score (nSPS) is 12.3. The van der Waals surface area contributed by atoms with Gasteiger partial charge in [-0.1, -0.05) is 30.3 Å². The molecule has 0 saturated heterocycles. The third-order valence-corrected chi connectivity index (χ3v) is 3.81. The Hall–Kier alpha value is -2.04. The van der Waals surface area contributed by atoms with E-state index in [0.717, 1.165) is 17.5 Å². The van der Waals surface area contributed by atoms with E-state index in [-0.39, 0.29) is 11.6 Å². The standard InChI is InChI=1S/C20H23F2NO/c1-2-3-4-20(24)15-23(13-16-5-9-18(21)10-6-16)14-17-7-11-19(22)12-8-17/h2,5-12,20,24H,1,3-4,13-15H2/t20-/m0/s1. The Morgan fingerprint density at radius 1 is 0.917 bits per heavy atom. The van der Waals surface area contributed by atoms with Crippen molar-refractivity contribution < 1.29 is 13.9 Å². The molecule has 128 valence electrons. The van der Waals surface area contributed by atoms with Crippen molar-refractivity contribution in [2.24, 2.45) is 0 Å². The van der Waals surface area contributed by atoms with Gasteiger partial charge >= 0.3 is 0 Å². The van der Waals surface area contributed by atoms with Gasteiger partial charge in [0.1, 0.15) is 11.6 Å². The lowest BCUT2D eigenvalue weighted by atomic mass is 10.1. The molecule has 2 rings (SSSR count). The summed E-state index contributed by atoms with van der Waals surface area (Å²) in [4.78, 5) is 2.08. The zero-order valence-electron chi connectivity index (χ0n) is 13.7. The minimum atomic E-state index is -0.469. The number of hydrogen-bond donors (Lipinski definition) is 1. The smallest absolute Gasteiger partial charge is 0.123 e. The van der Waals surface area contributed by atoms with Gasteiger partial charge in [-0.2, -0.15) is 0 Å². The molecule has 1 N–H and O–H groups in total. The van der Waals surface area contributed by atoms with Gasteiger partial charge in [0.25, 0.3) is 0 Å². The molecule has 0 heterocycles. The van der Waals surface area contributed by atoms with E-state index in [1.807, 2.05) is 0 Å². The number of hydrogen-bond acceptors (Lipinski definition) is 2. The highest BCUT2D eigenvalue weighted by molar-refractivity contribution is 5.18. The summed E-state index contributed by atoms with van der Waals surface area (Å²) in [5.41, 5.74) is 1.93. The molecule has 24 heavy (non-hydrogen) atoms. The van der Waals surface area contributed by atoms with Gasteiger partial charge in [-0.15, -0.1) is 6.58 Å². The monoisotopic (exact) mass is 331 g/mol. The van der Waals surface area contributed by atoms with Crippen LogP contribution in [0.3, 0.4) is 0 Å². The van der Waals surface area contributed by atoms with Crippen molar-refractivity contribution in [3.8, 4) is 0 Å². The summed E-state index contributed by atoms with van der Waals surface area (Å²) in [5.74, 6) is -0.537. The Balaban J connectivity index is 2.05. The summed E-state index contributed by atoms with van der Waals surface area (Å²) in [5, 5.41) is 10.2. The van der Waals surface area contributed by atoms with Gasteiger partial charge in [0, 0.05) is 19.6 Å². The van der Waals surface area contributed by atoms with Crippen LogP contribution in [-0.4, -0.2) is 22.7 Å². The fourth-order valence-electron chi connectivity index (χ4n) is 2.58. The van der Waals surface area contributed by atoms with Gasteiger partial charge in [-0.3, -0.25) is 4.90 Å². The fraction of sp³-hybridized carbons (Fsp3) is 0.300. The van der Waals surface area contributed by atoms with Crippen LogP contribution in [0, 0.1) is 11.6 Å².